The summed E-state index contributed by atoms with van der Waals surface area (Å²) in [6, 6.07) is 3.06. The van der Waals surface area contributed by atoms with Gasteiger partial charge in [-0.3, -0.25) is 9.59 Å². The van der Waals surface area contributed by atoms with Gasteiger partial charge in [-0.1, -0.05) is 11.6 Å². The first kappa shape index (κ1) is 19.1. The topological polar surface area (TPSA) is 58.2 Å². The highest BCUT2D eigenvalue weighted by molar-refractivity contribution is 6.09. The first-order valence-corrected chi connectivity index (χ1v) is 8.53. The van der Waals surface area contributed by atoms with Crippen molar-refractivity contribution in [3.63, 3.8) is 0 Å². The van der Waals surface area contributed by atoms with Gasteiger partial charge in [0.15, 0.2) is 11.6 Å². The summed E-state index contributed by atoms with van der Waals surface area (Å²) in [5, 5.41) is 5.24. The lowest BCUT2D eigenvalue weighted by Gasteiger charge is -2.23. The number of hydrogen-bond donors (Lipinski definition) is 2. The van der Waals surface area contributed by atoms with Crippen LogP contribution in [0.1, 0.15) is 46.0 Å². The third-order valence-electron chi connectivity index (χ3n) is 4.43. The molecule has 4 nitrogen and oxygen atoms in total. The zero-order chi connectivity index (χ0) is 18.4. The highest BCUT2D eigenvalue weighted by Gasteiger charge is 2.36. The van der Waals surface area contributed by atoms with E-state index in [1.165, 1.54) is 38.3 Å². The summed E-state index contributed by atoms with van der Waals surface area (Å²) in [6.45, 7) is 3.47. The van der Waals surface area contributed by atoms with Crippen molar-refractivity contribution in [3.8, 4) is 0 Å². The van der Waals surface area contributed by atoms with E-state index in [-0.39, 0.29) is 5.69 Å². The quantitative estimate of drug-likeness (QED) is 0.603. The van der Waals surface area contributed by atoms with Gasteiger partial charge in [0.05, 0.1) is 0 Å². The molecule has 2 rings (SSSR count). The van der Waals surface area contributed by atoms with Gasteiger partial charge in [-0.2, -0.15) is 0 Å². The van der Waals surface area contributed by atoms with Crippen LogP contribution in [0, 0.1) is 17.0 Å². The maximum Gasteiger partial charge on any atom is 0.239 e. The fourth-order valence-electron chi connectivity index (χ4n) is 2.65. The molecule has 0 spiro atoms. The molecule has 0 saturated heterocycles. The Kier molecular flexibility index (Phi) is 6.28. The van der Waals surface area contributed by atoms with Gasteiger partial charge in [0.1, 0.15) is 5.41 Å². The third kappa shape index (κ3) is 5.11. The van der Waals surface area contributed by atoms with E-state index in [0.29, 0.717) is 6.54 Å². The van der Waals surface area contributed by atoms with Crippen LogP contribution < -0.4 is 10.6 Å². The minimum atomic E-state index is -1.33. The lowest BCUT2D eigenvalue weighted by Crippen LogP contribution is -2.45. The van der Waals surface area contributed by atoms with Crippen LogP contribution in [0.25, 0.3) is 0 Å². The average Bonchev–Trinajstić information content (AvgIpc) is 2.59. The summed E-state index contributed by atoms with van der Waals surface area (Å²) < 4.78 is 26.2. The average molecular weight is 350 g/mol. The Hall–Kier alpha value is -2.24. The Morgan fingerprint density at radius 1 is 1.12 bits per heavy atom. The molecule has 0 aliphatic heterocycles. The van der Waals surface area contributed by atoms with Gasteiger partial charge < -0.3 is 10.6 Å². The van der Waals surface area contributed by atoms with Gasteiger partial charge in [0, 0.05) is 18.3 Å². The molecule has 2 amide bonds. The number of halogens is 2. The van der Waals surface area contributed by atoms with E-state index in [9.17, 15) is 18.4 Å². The van der Waals surface area contributed by atoms with E-state index in [1.54, 1.807) is 0 Å². The summed E-state index contributed by atoms with van der Waals surface area (Å²) >= 11 is 0. The number of rotatable bonds is 6. The number of anilines is 1. The molecule has 25 heavy (non-hydrogen) atoms. The molecule has 1 aliphatic carbocycles. The third-order valence-corrected chi connectivity index (χ3v) is 4.43. The van der Waals surface area contributed by atoms with Crippen LogP contribution in [-0.4, -0.2) is 18.4 Å². The summed E-state index contributed by atoms with van der Waals surface area (Å²) in [7, 11) is 0. The number of nitrogens with one attached hydrogen (secondary N) is 2. The molecule has 0 heterocycles. The number of carbonyl (C=O) groups excluding carboxylic acids is 2. The van der Waals surface area contributed by atoms with Crippen molar-refractivity contribution in [2.24, 2.45) is 5.41 Å². The SMILES string of the molecule is CC(C)(C(=O)NCCC1=CCCCC1)C(=O)Nc1ccc(F)c(F)c1. The van der Waals surface area contributed by atoms with E-state index < -0.39 is 28.9 Å². The van der Waals surface area contributed by atoms with Crippen LogP contribution in [0.4, 0.5) is 14.5 Å². The van der Waals surface area contributed by atoms with Gasteiger partial charge in [-0.15, -0.1) is 0 Å². The molecule has 0 saturated carbocycles. The van der Waals surface area contributed by atoms with Crippen molar-refractivity contribution in [2.45, 2.75) is 46.0 Å². The molecule has 1 aliphatic rings. The number of amides is 2. The van der Waals surface area contributed by atoms with Crippen LogP contribution in [0.15, 0.2) is 29.8 Å². The zero-order valence-corrected chi connectivity index (χ0v) is 14.6. The smallest absolute Gasteiger partial charge is 0.239 e. The molecule has 0 atom stereocenters. The molecule has 1 aromatic carbocycles. The highest BCUT2D eigenvalue weighted by atomic mass is 19.2. The highest BCUT2D eigenvalue weighted by Crippen LogP contribution is 2.22. The first-order valence-electron chi connectivity index (χ1n) is 8.53. The fourth-order valence-corrected chi connectivity index (χ4v) is 2.65. The summed E-state index contributed by atoms with van der Waals surface area (Å²) in [6.07, 6.45) is 7.55. The lowest BCUT2D eigenvalue weighted by atomic mass is 9.90. The van der Waals surface area contributed by atoms with Crippen molar-refractivity contribution >= 4 is 17.5 Å². The van der Waals surface area contributed by atoms with Gasteiger partial charge in [0.2, 0.25) is 11.8 Å². The predicted molar refractivity (Wildman–Crippen MR) is 92.9 cm³/mol. The molecule has 136 valence electrons. The maximum atomic E-state index is 13.2. The molecule has 0 fully saturated rings. The summed E-state index contributed by atoms with van der Waals surface area (Å²) in [5.74, 6) is -3.02. The Morgan fingerprint density at radius 2 is 1.88 bits per heavy atom. The summed E-state index contributed by atoms with van der Waals surface area (Å²) in [4.78, 5) is 24.7. The van der Waals surface area contributed by atoms with Crippen LogP contribution in [0.5, 0.6) is 0 Å². The maximum absolute atomic E-state index is 13.2. The second-order valence-corrected chi connectivity index (χ2v) is 6.82. The van der Waals surface area contributed by atoms with Crippen LogP contribution >= 0.6 is 0 Å². The molecular formula is C19H24F2N2O2. The van der Waals surface area contributed by atoms with Gasteiger partial charge >= 0.3 is 0 Å². The van der Waals surface area contributed by atoms with E-state index >= 15 is 0 Å². The van der Waals surface area contributed by atoms with Gasteiger partial charge in [0.25, 0.3) is 0 Å². The second-order valence-electron chi connectivity index (χ2n) is 6.82. The number of hydrogen-bond acceptors (Lipinski definition) is 2. The zero-order valence-electron chi connectivity index (χ0n) is 14.6. The summed E-state index contributed by atoms with van der Waals surface area (Å²) in [5.41, 5.74) is 0.124. The van der Waals surface area contributed by atoms with Gasteiger partial charge in [-0.05, 0) is 58.1 Å². The molecule has 2 N–H and O–H groups in total. The van der Waals surface area contributed by atoms with E-state index in [1.807, 2.05) is 0 Å². The largest absolute Gasteiger partial charge is 0.355 e. The molecule has 0 radical (unpaired) electrons. The monoisotopic (exact) mass is 350 g/mol. The predicted octanol–water partition coefficient (Wildman–Crippen LogP) is 3.94. The van der Waals surface area contributed by atoms with Crippen LogP contribution in [0.2, 0.25) is 0 Å². The normalized spacial score (nSPS) is 14.6. The second kappa shape index (κ2) is 8.23. The Morgan fingerprint density at radius 3 is 2.52 bits per heavy atom. The van der Waals surface area contributed by atoms with Crippen molar-refractivity contribution in [1.29, 1.82) is 0 Å². The van der Waals surface area contributed by atoms with Crippen LogP contribution in [-0.2, 0) is 9.59 Å². The molecule has 0 aromatic heterocycles. The number of allylic oxidation sites excluding steroid dienone is 1. The molecule has 0 bridgehead atoms. The van der Waals surface area contributed by atoms with E-state index in [4.69, 9.17) is 0 Å². The van der Waals surface area contributed by atoms with E-state index in [2.05, 4.69) is 16.7 Å². The van der Waals surface area contributed by atoms with Crippen molar-refractivity contribution in [3.05, 3.63) is 41.5 Å². The first-order chi connectivity index (χ1) is 11.8. The Bertz CT molecular complexity index is 684. The number of benzene rings is 1. The minimum Gasteiger partial charge on any atom is -0.355 e. The van der Waals surface area contributed by atoms with Crippen molar-refractivity contribution < 1.29 is 18.4 Å². The molecule has 1 aromatic rings. The fraction of sp³-hybridized carbons (Fsp3) is 0.474. The standard InChI is InChI=1S/C19H24F2N2O2/c1-19(2,17(24)22-11-10-13-6-4-3-5-7-13)18(25)23-14-8-9-15(20)16(21)12-14/h6,8-9,12H,3-5,7,10-11H2,1-2H3,(H,22,24)(H,23,25). The number of carbonyl (C=O) groups is 2. The minimum absolute atomic E-state index is 0.108. The van der Waals surface area contributed by atoms with E-state index in [0.717, 1.165) is 31.4 Å². The molecule has 6 heteroatoms. The van der Waals surface area contributed by atoms with Gasteiger partial charge in [-0.25, -0.2) is 8.78 Å². The van der Waals surface area contributed by atoms with Crippen molar-refractivity contribution in [1.82, 2.24) is 5.32 Å². The Labute approximate surface area is 146 Å². The molecular weight excluding hydrogens is 326 g/mol. The van der Waals surface area contributed by atoms with Crippen LogP contribution in [0.3, 0.4) is 0 Å². The lowest BCUT2D eigenvalue weighted by molar-refractivity contribution is -0.138. The Balaban J connectivity index is 1.89. The molecule has 0 unspecified atom stereocenters. The van der Waals surface area contributed by atoms with Crippen molar-refractivity contribution in [2.75, 3.05) is 11.9 Å².